The first-order valence-corrected chi connectivity index (χ1v) is 7.47. The lowest BCUT2D eigenvalue weighted by atomic mass is 9.64. The Hall–Kier alpha value is -0.820. The number of nitrogens with zero attached hydrogens (tertiary/aromatic N) is 1. The van der Waals surface area contributed by atoms with Crippen LogP contribution >= 0.6 is 0 Å². The van der Waals surface area contributed by atoms with Gasteiger partial charge in [0.05, 0.1) is 0 Å². The molecule has 1 heteroatoms. The van der Waals surface area contributed by atoms with Crippen LogP contribution in [0.5, 0.6) is 0 Å². The Bertz CT molecular complexity index is 398. The van der Waals surface area contributed by atoms with Crippen molar-refractivity contribution in [1.82, 2.24) is 4.90 Å². The summed E-state index contributed by atoms with van der Waals surface area (Å²) in [6.07, 6.45) is 8.44. The molecule has 1 aromatic carbocycles. The third-order valence-corrected chi connectivity index (χ3v) is 5.22. The summed E-state index contributed by atoms with van der Waals surface area (Å²) in [5, 5.41) is 0. The molecule has 18 heavy (non-hydrogen) atoms. The lowest BCUT2D eigenvalue weighted by Gasteiger charge is -2.48. The van der Waals surface area contributed by atoms with Gasteiger partial charge in [-0.3, -0.25) is 0 Å². The number of hydrogen-bond donors (Lipinski definition) is 0. The van der Waals surface area contributed by atoms with E-state index in [1.54, 1.807) is 5.56 Å². The van der Waals surface area contributed by atoms with Gasteiger partial charge in [-0.15, -0.1) is 0 Å². The lowest BCUT2D eigenvalue weighted by molar-refractivity contribution is 0.0906. The summed E-state index contributed by atoms with van der Waals surface area (Å²) in [6, 6.07) is 10.1. The SMILES string of the molecule is Cc1ccc(C2(CN(C)C3CCC3)CCC2)cc1. The molecule has 0 aliphatic heterocycles. The van der Waals surface area contributed by atoms with E-state index in [-0.39, 0.29) is 0 Å². The monoisotopic (exact) mass is 243 g/mol. The van der Waals surface area contributed by atoms with Crippen LogP contribution < -0.4 is 0 Å². The van der Waals surface area contributed by atoms with Crippen LogP contribution in [0, 0.1) is 6.92 Å². The lowest BCUT2D eigenvalue weighted by Crippen LogP contribution is -2.49. The molecular weight excluding hydrogens is 218 g/mol. The molecule has 0 N–H and O–H groups in total. The van der Waals surface area contributed by atoms with Gasteiger partial charge in [0.2, 0.25) is 0 Å². The second kappa shape index (κ2) is 4.70. The first-order chi connectivity index (χ1) is 8.70. The minimum Gasteiger partial charge on any atom is -0.303 e. The molecule has 0 heterocycles. The Balaban J connectivity index is 1.74. The number of hydrogen-bond acceptors (Lipinski definition) is 1. The fourth-order valence-electron chi connectivity index (χ4n) is 3.48. The summed E-state index contributed by atoms with van der Waals surface area (Å²) in [5.74, 6) is 0. The average Bonchev–Trinajstić information content (AvgIpc) is 2.22. The van der Waals surface area contributed by atoms with Crippen LogP contribution in [-0.2, 0) is 5.41 Å². The first-order valence-electron chi connectivity index (χ1n) is 7.47. The van der Waals surface area contributed by atoms with E-state index in [2.05, 4.69) is 43.1 Å². The third kappa shape index (κ3) is 2.09. The number of likely N-dealkylation sites (N-methyl/N-ethyl adjacent to an activating group) is 1. The van der Waals surface area contributed by atoms with Crippen molar-refractivity contribution < 1.29 is 0 Å². The van der Waals surface area contributed by atoms with Gasteiger partial charge in [-0.1, -0.05) is 42.7 Å². The van der Waals surface area contributed by atoms with Crippen molar-refractivity contribution in [3.05, 3.63) is 35.4 Å². The molecule has 0 unspecified atom stereocenters. The highest BCUT2D eigenvalue weighted by Crippen LogP contribution is 2.45. The van der Waals surface area contributed by atoms with Crippen molar-refractivity contribution in [3.63, 3.8) is 0 Å². The van der Waals surface area contributed by atoms with E-state index in [1.807, 2.05) is 0 Å². The van der Waals surface area contributed by atoms with Gasteiger partial charge in [0.1, 0.15) is 0 Å². The van der Waals surface area contributed by atoms with Crippen molar-refractivity contribution in [3.8, 4) is 0 Å². The number of benzene rings is 1. The maximum Gasteiger partial charge on any atom is 0.00925 e. The highest BCUT2D eigenvalue weighted by molar-refractivity contribution is 5.31. The van der Waals surface area contributed by atoms with Crippen LogP contribution in [0.25, 0.3) is 0 Å². The molecule has 0 saturated heterocycles. The summed E-state index contributed by atoms with van der Waals surface area (Å²) >= 11 is 0. The van der Waals surface area contributed by atoms with Gasteiger partial charge in [0.25, 0.3) is 0 Å². The number of aryl methyl sites for hydroxylation is 1. The Labute approximate surface area is 111 Å². The molecule has 2 aliphatic carbocycles. The zero-order chi connectivity index (χ0) is 12.6. The summed E-state index contributed by atoms with van der Waals surface area (Å²) < 4.78 is 0. The van der Waals surface area contributed by atoms with E-state index in [4.69, 9.17) is 0 Å². The number of rotatable bonds is 4. The predicted octanol–water partition coefficient (Wildman–Crippen LogP) is 3.90. The molecule has 1 nitrogen and oxygen atoms in total. The Morgan fingerprint density at radius 1 is 1.11 bits per heavy atom. The fraction of sp³-hybridized carbons (Fsp3) is 0.647. The van der Waals surface area contributed by atoms with Crippen LogP contribution in [0.1, 0.15) is 49.7 Å². The molecule has 2 saturated carbocycles. The second-order valence-corrected chi connectivity index (χ2v) is 6.50. The minimum atomic E-state index is 0.470. The van der Waals surface area contributed by atoms with Crippen LogP contribution in [-0.4, -0.2) is 24.5 Å². The Morgan fingerprint density at radius 2 is 1.78 bits per heavy atom. The quantitative estimate of drug-likeness (QED) is 0.775. The molecule has 1 aromatic rings. The molecule has 2 aliphatic rings. The summed E-state index contributed by atoms with van der Waals surface area (Å²) in [4.78, 5) is 2.63. The van der Waals surface area contributed by atoms with Crippen molar-refractivity contribution in [2.75, 3.05) is 13.6 Å². The zero-order valence-electron chi connectivity index (χ0n) is 11.8. The smallest absolute Gasteiger partial charge is 0.00925 e. The first kappa shape index (κ1) is 12.2. The van der Waals surface area contributed by atoms with Crippen molar-refractivity contribution >= 4 is 0 Å². The molecular formula is C17H25N. The molecule has 0 radical (unpaired) electrons. The summed E-state index contributed by atoms with van der Waals surface area (Å²) in [6.45, 7) is 3.44. The van der Waals surface area contributed by atoms with Gasteiger partial charge < -0.3 is 4.90 Å². The average molecular weight is 243 g/mol. The van der Waals surface area contributed by atoms with Crippen LogP contribution in [0.2, 0.25) is 0 Å². The standard InChI is InChI=1S/C17H25N/c1-14-7-9-15(10-8-14)17(11-4-12-17)13-18(2)16-5-3-6-16/h7-10,16H,3-6,11-13H2,1-2H3. The van der Waals surface area contributed by atoms with Gasteiger partial charge in [0.15, 0.2) is 0 Å². The molecule has 0 spiro atoms. The van der Waals surface area contributed by atoms with Gasteiger partial charge in [-0.25, -0.2) is 0 Å². The summed E-state index contributed by atoms with van der Waals surface area (Å²) in [5.41, 5.74) is 3.42. The third-order valence-electron chi connectivity index (χ3n) is 5.22. The molecule has 98 valence electrons. The maximum absolute atomic E-state index is 2.63. The van der Waals surface area contributed by atoms with E-state index < -0.39 is 0 Å². The van der Waals surface area contributed by atoms with Crippen LogP contribution in [0.15, 0.2) is 24.3 Å². The van der Waals surface area contributed by atoms with Gasteiger partial charge in [0, 0.05) is 18.0 Å². The molecule has 0 amide bonds. The molecule has 0 bridgehead atoms. The fourth-order valence-corrected chi connectivity index (χ4v) is 3.48. The molecule has 3 rings (SSSR count). The van der Waals surface area contributed by atoms with Crippen LogP contribution in [0.3, 0.4) is 0 Å². The van der Waals surface area contributed by atoms with E-state index in [9.17, 15) is 0 Å². The molecule has 2 fully saturated rings. The molecule has 0 atom stereocenters. The summed E-state index contributed by atoms with van der Waals surface area (Å²) in [7, 11) is 2.33. The van der Waals surface area contributed by atoms with Crippen molar-refractivity contribution in [2.45, 2.75) is 56.9 Å². The molecule has 0 aromatic heterocycles. The van der Waals surface area contributed by atoms with Crippen LogP contribution in [0.4, 0.5) is 0 Å². The van der Waals surface area contributed by atoms with E-state index in [0.717, 1.165) is 6.04 Å². The maximum atomic E-state index is 2.63. The largest absolute Gasteiger partial charge is 0.303 e. The minimum absolute atomic E-state index is 0.470. The van der Waals surface area contributed by atoms with Crippen molar-refractivity contribution in [1.29, 1.82) is 0 Å². The second-order valence-electron chi connectivity index (χ2n) is 6.50. The normalized spacial score (nSPS) is 22.6. The van der Waals surface area contributed by atoms with Gasteiger partial charge in [-0.05, 0) is 45.2 Å². The van der Waals surface area contributed by atoms with E-state index >= 15 is 0 Å². The van der Waals surface area contributed by atoms with Gasteiger partial charge in [-0.2, -0.15) is 0 Å². The Kier molecular flexibility index (Phi) is 3.19. The Morgan fingerprint density at radius 3 is 2.22 bits per heavy atom. The highest BCUT2D eigenvalue weighted by atomic mass is 15.1. The van der Waals surface area contributed by atoms with E-state index in [0.29, 0.717) is 5.41 Å². The highest BCUT2D eigenvalue weighted by Gasteiger charge is 2.40. The topological polar surface area (TPSA) is 3.24 Å². The predicted molar refractivity (Wildman–Crippen MR) is 77.0 cm³/mol. The zero-order valence-corrected chi connectivity index (χ0v) is 11.8. The van der Waals surface area contributed by atoms with E-state index in [1.165, 1.54) is 50.6 Å². The van der Waals surface area contributed by atoms with Gasteiger partial charge >= 0.3 is 0 Å². The van der Waals surface area contributed by atoms with Crippen molar-refractivity contribution in [2.24, 2.45) is 0 Å².